The van der Waals surface area contributed by atoms with Crippen LogP contribution >= 0.6 is 22.9 Å². The number of benzene rings is 1. The molecule has 4 rings (SSSR count). The molecule has 26 heavy (non-hydrogen) atoms. The molecule has 3 aromatic rings. The zero-order valence-electron chi connectivity index (χ0n) is 13.9. The van der Waals surface area contributed by atoms with E-state index in [1.54, 1.807) is 17.4 Å². The fourth-order valence-corrected chi connectivity index (χ4v) is 3.76. The van der Waals surface area contributed by atoms with Gasteiger partial charge in [-0.25, -0.2) is 4.98 Å². The van der Waals surface area contributed by atoms with Crippen LogP contribution in [0.5, 0.6) is 0 Å². The molecule has 0 spiro atoms. The van der Waals surface area contributed by atoms with Crippen LogP contribution in [0.15, 0.2) is 59.7 Å². The molecule has 0 radical (unpaired) electrons. The summed E-state index contributed by atoms with van der Waals surface area (Å²) in [6.45, 7) is 1.98. The Balaban J connectivity index is 1.60. The zero-order valence-corrected chi connectivity index (χ0v) is 15.5. The molecule has 130 valence electrons. The lowest BCUT2D eigenvalue weighted by Gasteiger charge is -2.18. The molecule has 1 amide bonds. The van der Waals surface area contributed by atoms with Crippen molar-refractivity contribution >= 4 is 40.1 Å². The summed E-state index contributed by atoms with van der Waals surface area (Å²) < 4.78 is 0. The summed E-state index contributed by atoms with van der Waals surface area (Å²) in [5.74, 6) is -0.120. The maximum atomic E-state index is 12.4. The van der Waals surface area contributed by atoms with E-state index in [4.69, 9.17) is 11.6 Å². The lowest BCUT2D eigenvalue weighted by Crippen LogP contribution is -2.36. The third kappa shape index (κ3) is 3.21. The van der Waals surface area contributed by atoms with Crippen molar-refractivity contribution in [3.63, 3.8) is 0 Å². The van der Waals surface area contributed by atoms with Crippen molar-refractivity contribution in [2.75, 3.05) is 5.01 Å². The van der Waals surface area contributed by atoms with Crippen molar-refractivity contribution < 1.29 is 4.79 Å². The molecule has 0 aliphatic carbocycles. The minimum Gasteiger partial charge on any atom is -0.268 e. The highest BCUT2D eigenvalue weighted by Gasteiger charge is 2.34. The molecule has 0 bridgehead atoms. The first kappa shape index (κ1) is 16.8. The highest BCUT2D eigenvalue weighted by molar-refractivity contribution is 7.14. The molecule has 1 aromatic carbocycles. The molecule has 2 aromatic heterocycles. The number of carbonyl (C=O) groups excluding carboxylic acids is 1. The van der Waals surface area contributed by atoms with Crippen LogP contribution in [-0.2, 0) is 4.79 Å². The van der Waals surface area contributed by atoms with E-state index in [0.29, 0.717) is 10.6 Å². The second-order valence-electron chi connectivity index (χ2n) is 5.90. The van der Waals surface area contributed by atoms with E-state index >= 15 is 0 Å². The molecule has 5 nitrogen and oxygen atoms in total. The van der Waals surface area contributed by atoms with Gasteiger partial charge in [0.05, 0.1) is 11.7 Å². The Kier molecular flexibility index (Phi) is 4.44. The van der Waals surface area contributed by atoms with Gasteiger partial charge in [-0.05, 0) is 42.8 Å². The monoisotopic (exact) mass is 382 g/mol. The normalized spacial score (nSPS) is 18.4. The molecule has 1 atom stereocenters. The highest BCUT2D eigenvalue weighted by Crippen LogP contribution is 2.31. The van der Waals surface area contributed by atoms with Crippen molar-refractivity contribution in [3.8, 4) is 11.3 Å². The summed E-state index contributed by atoms with van der Waals surface area (Å²) >= 11 is 7.41. The maximum absolute atomic E-state index is 12.4. The molecule has 1 fully saturated rings. The van der Waals surface area contributed by atoms with Gasteiger partial charge in [-0.3, -0.25) is 20.2 Å². The molecule has 1 N–H and O–H groups in total. The molecule has 0 saturated carbocycles. The maximum Gasteiger partial charge on any atom is 0.267 e. The van der Waals surface area contributed by atoms with Crippen molar-refractivity contribution in [3.05, 3.63) is 70.3 Å². The summed E-state index contributed by atoms with van der Waals surface area (Å²) in [6, 6.07) is 11.1. The number of nitrogens with zero attached hydrogens (tertiary/aromatic N) is 3. The molecular formula is C19H15ClN4OS. The lowest BCUT2D eigenvalue weighted by molar-refractivity contribution is -0.116. The number of amides is 1. The van der Waals surface area contributed by atoms with Gasteiger partial charge in [-0.2, -0.15) is 0 Å². The second-order valence-corrected chi connectivity index (χ2v) is 7.17. The van der Waals surface area contributed by atoms with Crippen LogP contribution in [0.1, 0.15) is 12.5 Å². The van der Waals surface area contributed by atoms with Gasteiger partial charge in [0.25, 0.3) is 5.91 Å². The molecule has 1 saturated heterocycles. The van der Waals surface area contributed by atoms with Gasteiger partial charge in [0, 0.05) is 33.9 Å². The number of pyridine rings is 1. The van der Waals surface area contributed by atoms with Crippen molar-refractivity contribution in [1.82, 2.24) is 15.4 Å². The van der Waals surface area contributed by atoms with E-state index < -0.39 is 0 Å². The number of hydrogen-bond donors (Lipinski definition) is 1. The number of anilines is 1. The van der Waals surface area contributed by atoms with Crippen molar-refractivity contribution in [2.24, 2.45) is 0 Å². The van der Waals surface area contributed by atoms with Crippen LogP contribution in [0.25, 0.3) is 17.3 Å². The Labute approximate surface area is 159 Å². The quantitative estimate of drug-likeness (QED) is 0.690. The van der Waals surface area contributed by atoms with Gasteiger partial charge in [0.2, 0.25) is 5.13 Å². The van der Waals surface area contributed by atoms with E-state index in [1.165, 1.54) is 11.3 Å². The Hall–Kier alpha value is -2.70. The molecule has 1 aliphatic heterocycles. The number of halogens is 1. The van der Waals surface area contributed by atoms with E-state index in [0.717, 1.165) is 22.0 Å². The van der Waals surface area contributed by atoms with Gasteiger partial charge in [0.1, 0.15) is 0 Å². The summed E-state index contributed by atoms with van der Waals surface area (Å²) in [7, 11) is 0. The van der Waals surface area contributed by atoms with Crippen molar-refractivity contribution in [2.45, 2.75) is 13.0 Å². The fourth-order valence-electron chi connectivity index (χ4n) is 2.76. The first-order valence-electron chi connectivity index (χ1n) is 8.05. The Morgan fingerprint density at radius 3 is 2.81 bits per heavy atom. The van der Waals surface area contributed by atoms with Gasteiger partial charge < -0.3 is 0 Å². The highest BCUT2D eigenvalue weighted by atomic mass is 35.5. The summed E-state index contributed by atoms with van der Waals surface area (Å²) in [5.41, 5.74) is 6.31. The number of thiazole rings is 1. The van der Waals surface area contributed by atoms with Crippen LogP contribution < -0.4 is 10.4 Å². The van der Waals surface area contributed by atoms with Gasteiger partial charge in [0.15, 0.2) is 0 Å². The smallest absolute Gasteiger partial charge is 0.267 e. The molecular weight excluding hydrogens is 368 g/mol. The SMILES string of the molecule is CC1/C(=C/c2ccc(Cl)cc2)C(=O)NN1c1nc(-c2cccnc2)cs1. The average molecular weight is 383 g/mol. The van der Waals surface area contributed by atoms with E-state index in [-0.39, 0.29) is 11.9 Å². The number of rotatable bonds is 3. The molecule has 1 unspecified atom stereocenters. The Bertz CT molecular complexity index is 969. The third-order valence-corrected chi connectivity index (χ3v) is 5.26. The predicted molar refractivity (Wildman–Crippen MR) is 105 cm³/mol. The minimum atomic E-state index is -0.133. The molecule has 1 aliphatic rings. The molecule has 3 heterocycles. The average Bonchev–Trinajstić information content (AvgIpc) is 3.25. The van der Waals surface area contributed by atoms with E-state index in [2.05, 4.69) is 15.4 Å². The largest absolute Gasteiger partial charge is 0.268 e. The Morgan fingerprint density at radius 1 is 1.27 bits per heavy atom. The topological polar surface area (TPSA) is 58.1 Å². The van der Waals surface area contributed by atoms with Gasteiger partial charge >= 0.3 is 0 Å². The number of hydrogen-bond acceptors (Lipinski definition) is 5. The van der Waals surface area contributed by atoms with Crippen LogP contribution in [-0.4, -0.2) is 21.9 Å². The van der Waals surface area contributed by atoms with Crippen LogP contribution in [0.4, 0.5) is 5.13 Å². The first-order valence-corrected chi connectivity index (χ1v) is 9.31. The predicted octanol–water partition coefficient (Wildman–Crippen LogP) is 4.18. The Morgan fingerprint density at radius 2 is 2.08 bits per heavy atom. The van der Waals surface area contributed by atoms with Crippen LogP contribution in [0, 0.1) is 0 Å². The third-order valence-electron chi connectivity index (χ3n) is 4.17. The van der Waals surface area contributed by atoms with Gasteiger partial charge in [-0.1, -0.05) is 23.7 Å². The minimum absolute atomic E-state index is 0.120. The van der Waals surface area contributed by atoms with Gasteiger partial charge in [-0.15, -0.1) is 11.3 Å². The lowest BCUT2D eigenvalue weighted by atomic mass is 10.1. The number of hydrazine groups is 1. The number of aromatic nitrogens is 2. The first-order chi connectivity index (χ1) is 12.6. The van der Waals surface area contributed by atoms with E-state index in [1.807, 2.05) is 54.8 Å². The molecule has 7 heteroatoms. The summed E-state index contributed by atoms with van der Waals surface area (Å²) in [5, 5.41) is 5.17. The zero-order chi connectivity index (χ0) is 18.1. The van der Waals surface area contributed by atoms with Crippen molar-refractivity contribution in [1.29, 1.82) is 0 Å². The standard InChI is InChI=1S/C19H15ClN4OS/c1-12-16(9-13-4-6-15(20)7-5-13)18(25)23-24(12)19-22-17(11-26-19)14-3-2-8-21-10-14/h2-12H,1H3,(H,23,25)/b16-9-. The summed E-state index contributed by atoms with van der Waals surface area (Å²) in [6.07, 6.45) is 5.38. The summed E-state index contributed by atoms with van der Waals surface area (Å²) in [4.78, 5) is 21.2. The van der Waals surface area contributed by atoms with E-state index in [9.17, 15) is 4.79 Å². The van der Waals surface area contributed by atoms with Crippen LogP contribution in [0.2, 0.25) is 5.02 Å². The second kappa shape index (κ2) is 6.90. The number of nitrogens with one attached hydrogen (secondary N) is 1. The number of carbonyl (C=O) groups is 1. The fraction of sp³-hybridized carbons (Fsp3) is 0.105. The van der Waals surface area contributed by atoms with Crippen LogP contribution in [0.3, 0.4) is 0 Å².